The molecule has 0 amide bonds. The normalized spacial score (nSPS) is 9.33. The molecule has 0 fully saturated rings. The van der Waals surface area contributed by atoms with E-state index >= 15 is 0 Å². The van der Waals surface area contributed by atoms with Crippen LogP contribution in [0.5, 0.6) is 51.7 Å². The molecule has 0 aromatic heterocycles. The molecule has 0 unspecified atom stereocenters. The van der Waals surface area contributed by atoms with Crippen molar-refractivity contribution in [3.63, 3.8) is 0 Å². The summed E-state index contributed by atoms with van der Waals surface area (Å²) in [5.41, 5.74) is 0. The molecule has 0 radical (unpaired) electrons. The van der Waals surface area contributed by atoms with E-state index in [-0.39, 0.29) is 46.0 Å². The van der Waals surface area contributed by atoms with Gasteiger partial charge in [-0.05, 0) is 24.3 Å². The lowest BCUT2D eigenvalue weighted by molar-refractivity contribution is 0.368. The third kappa shape index (κ3) is 7.10. The molecule has 0 aliphatic rings. The smallest absolute Gasteiger partial charge is 0.200 e. The van der Waals surface area contributed by atoms with E-state index < -0.39 is 5.75 Å². The summed E-state index contributed by atoms with van der Waals surface area (Å²) in [5, 5.41) is 78.1. The summed E-state index contributed by atoms with van der Waals surface area (Å²) >= 11 is 0. The topological polar surface area (TPSA) is 182 Å². The summed E-state index contributed by atoms with van der Waals surface area (Å²) in [6, 6.07) is 11.0. The number of phenolic OH excluding ortho intramolecular Hbond substituents is 9. The lowest BCUT2D eigenvalue weighted by atomic mass is 10.3. The summed E-state index contributed by atoms with van der Waals surface area (Å²) in [6.45, 7) is 0. The van der Waals surface area contributed by atoms with Gasteiger partial charge in [0.2, 0.25) is 0 Å². The van der Waals surface area contributed by atoms with Crippen LogP contribution in [0, 0.1) is 0 Å². The fourth-order valence-electron chi connectivity index (χ4n) is 1.61. The van der Waals surface area contributed by atoms with Crippen molar-refractivity contribution in [3.05, 3.63) is 54.6 Å². The fraction of sp³-hybridized carbons (Fsp3) is 0. The average Bonchev–Trinajstić information content (AvgIpc) is 2.56. The van der Waals surface area contributed by atoms with Crippen LogP contribution in [-0.4, -0.2) is 46.0 Å². The summed E-state index contributed by atoms with van der Waals surface area (Å²) < 4.78 is 0. The summed E-state index contributed by atoms with van der Waals surface area (Å²) in [4.78, 5) is 0. The van der Waals surface area contributed by atoms with Crippen LogP contribution in [0.25, 0.3) is 0 Å². The number of hydrogen-bond acceptors (Lipinski definition) is 9. The lowest BCUT2D eigenvalue weighted by Crippen LogP contribution is -1.67. The standard InChI is InChI=1S/3C6H6O3/c7-4-1-5(8)3-6(9)2-4;7-4-1-2-5(8)6(9)3-4;7-4-2-1-3-5(8)6(4)9/h3*1-3,7-9H. The largest absolute Gasteiger partial charge is 0.508 e. The molecule has 0 heterocycles. The van der Waals surface area contributed by atoms with Crippen molar-refractivity contribution < 1.29 is 46.0 Å². The van der Waals surface area contributed by atoms with Crippen molar-refractivity contribution in [1.82, 2.24) is 0 Å². The number of rotatable bonds is 0. The summed E-state index contributed by atoms with van der Waals surface area (Å²) in [7, 11) is 0. The SMILES string of the molecule is Oc1cc(O)cc(O)c1.Oc1ccc(O)c(O)c1.Oc1cccc(O)c1O. The molecule has 0 saturated carbocycles. The van der Waals surface area contributed by atoms with Gasteiger partial charge in [0, 0.05) is 24.3 Å². The first-order valence-corrected chi connectivity index (χ1v) is 7.23. The molecule has 9 N–H and O–H groups in total. The maximum absolute atomic E-state index is 8.71. The van der Waals surface area contributed by atoms with Gasteiger partial charge in [-0.3, -0.25) is 0 Å². The Morgan fingerprint density at radius 1 is 0.370 bits per heavy atom. The minimum absolute atomic E-state index is 0.0645. The molecule has 3 aromatic rings. The van der Waals surface area contributed by atoms with E-state index in [0.717, 1.165) is 24.3 Å². The van der Waals surface area contributed by atoms with E-state index in [0.29, 0.717) is 0 Å². The maximum atomic E-state index is 8.71. The highest BCUT2D eigenvalue weighted by molar-refractivity contribution is 5.47. The highest BCUT2D eigenvalue weighted by Crippen LogP contribution is 2.32. The third-order valence-electron chi connectivity index (χ3n) is 2.84. The Kier molecular flexibility index (Phi) is 7.26. The molecule has 144 valence electrons. The van der Waals surface area contributed by atoms with Gasteiger partial charge in [-0.25, -0.2) is 0 Å². The molecule has 27 heavy (non-hydrogen) atoms. The van der Waals surface area contributed by atoms with E-state index in [2.05, 4.69) is 0 Å². The highest BCUT2D eigenvalue weighted by Gasteiger charge is 2.01. The van der Waals surface area contributed by atoms with Gasteiger partial charge in [-0.1, -0.05) is 6.07 Å². The molecule has 9 nitrogen and oxygen atoms in total. The van der Waals surface area contributed by atoms with Crippen LogP contribution in [0.15, 0.2) is 54.6 Å². The van der Waals surface area contributed by atoms with Gasteiger partial charge in [-0.2, -0.15) is 0 Å². The van der Waals surface area contributed by atoms with E-state index in [4.69, 9.17) is 46.0 Å². The van der Waals surface area contributed by atoms with Crippen molar-refractivity contribution in [2.45, 2.75) is 0 Å². The Labute approximate surface area is 153 Å². The van der Waals surface area contributed by atoms with Crippen LogP contribution in [0.1, 0.15) is 0 Å². The second-order valence-corrected chi connectivity index (χ2v) is 5.03. The first-order valence-electron chi connectivity index (χ1n) is 7.23. The van der Waals surface area contributed by atoms with Crippen LogP contribution in [0.2, 0.25) is 0 Å². The molecule has 0 atom stereocenters. The summed E-state index contributed by atoms with van der Waals surface area (Å²) in [6.07, 6.45) is 0. The Bertz CT molecular complexity index is 823. The van der Waals surface area contributed by atoms with E-state index in [9.17, 15) is 0 Å². The van der Waals surface area contributed by atoms with Gasteiger partial charge in [0.1, 0.15) is 23.0 Å². The third-order valence-corrected chi connectivity index (χ3v) is 2.84. The van der Waals surface area contributed by atoms with Gasteiger partial charge in [0.25, 0.3) is 0 Å². The maximum Gasteiger partial charge on any atom is 0.200 e. The second kappa shape index (κ2) is 9.37. The predicted molar refractivity (Wildman–Crippen MR) is 94.3 cm³/mol. The monoisotopic (exact) mass is 378 g/mol. The van der Waals surface area contributed by atoms with Crippen molar-refractivity contribution in [2.24, 2.45) is 0 Å². The van der Waals surface area contributed by atoms with Crippen LogP contribution in [0.3, 0.4) is 0 Å². The lowest BCUT2D eigenvalue weighted by Gasteiger charge is -1.96. The van der Waals surface area contributed by atoms with Crippen molar-refractivity contribution in [3.8, 4) is 51.7 Å². The van der Waals surface area contributed by atoms with Crippen LogP contribution in [-0.2, 0) is 0 Å². The first kappa shape index (κ1) is 20.9. The number of hydrogen-bond donors (Lipinski definition) is 9. The first-order chi connectivity index (χ1) is 12.6. The van der Waals surface area contributed by atoms with E-state index in [1.54, 1.807) is 0 Å². The highest BCUT2D eigenvalue weighted by atomic mass is 16.3. The Balaban J connectivity index is 0.000000202. The minimum atomic E-state index is -0.475. The Hall–Kier alpha value is -4.14. The van der Waals surface area contributed by atoms with Gasteiger partial charge in [0.15, 0.2) is 28.7 Å². The average molecular weight is 378 g/mol. The molecule has 0 aliphatic carbocycles. The van der Waals surface area contributed by atoms with Crippen LogP contribution < -0.4 is 0 Å². The van der Waals surface area contributed by atoms with Crippen LogP contribution in [0.4, 0.5) is 0 Å². The molecular formula is C18H18O9. The molecule has 3 rings (SSSR count). The molecule has 9 heteroatoms. The number of aromatic hydroxyl groups is 9. The number of para-hydroxylation sites is 1. The van der Waals surface area contributed by atoms with E-state index in [1.807, 2.05) is 0 Å². The molecule has 0 saturated heterocycles. The second-order valence-electron chi connectivity index (χ2n) is 5.03. The Morgan fingerprint density at radius 3 is 1.15 bits per heavy atom. The molecule has 0 spiro atoms. The van der Waals surface area contributed by atoms with Crippen molar-refractivity contribution in [1.29, 1.82) is 0 Å². The zero-order valence-corrected chi connectivity index (χ0v) is 13.7. The Morgan fingerprint density at radius 2 is 0.815 bits per heavy atom. The van der Waals surface area contributed by atoms with Gasteiger partial charge in [0.05, 0.1) is 0 Å². The number of phenols is 9. The van der Waals surface area contributed by atoms with Crippen molar-refractivity contribution in [2.75, 3.05) is 0 Å². The number of benzene rings is 3. The van der Waals surface area contributed by atoms with Crippen LogP contribution >= 0.6 is 0 Å². The molecular weight excluding hydrogens is 360 g/mol. The van der Waals surface area contributed by atoms with Gasteiger partial charge in [-0.15, -0.1) is 0 Å². The quantitative estimate of drug-likeness (QED) is 0.209. The molecule has 0 aliphatic heterocycles. The zero-order chi connectivity index (χ0) is 20.6. The predicted octanol–water partition coefficient (Wildman–Crippen LogP) is 2.41. The fourth-order valence-corrected chi connectivity index (χ4v) is 1.61. The van der Waals surface area contributed by atoms with E-state index in [1.165, 1.54) is 30.3 Å². The molecule has 0 bridgehead atoms. The zero-order valence-electron chi connectivity index (χ0n) is 13.7. The van der Waals surface area contributed by atoms with Crippen molar-refractivity contribution >= 4 is 0 Å². The minimum Gasteiger partial charge on any atom is -0.508 e. The van der Waals surface area contributed by atoms with Gasteiger partial charge < -0.3 is 46.0 Å². The molecule has 3 aromatic carbocycles. The van der Waals surface area contributed by atoms with Gasteiger partial charge >= 0.3 is 0 Å². The summed E-state index contributed by atoms with van der Waals surface area (Å²) in [5.74, 6) is -2.14.